The summed E-state index contributed by atoms with van der Waals surface area (Å²) in [6.45, 7) is 5.91. The Labute approximate surface area is 89.7 Å². The van der Waals surface area contributed by atoms with Crippen LogP contribution in [0.5, 0.6) is 5.75 Å². The van der Waals surface area contributed by atoms with Gasteiger partial charge in [-0.25, -0.2) is 0 Å². The van der Waals surface area contributed by atoms with Crippen LogP contribution in [0.25, 0.3) is 0 Å². The average molecular weight is 208 g/mol. The zero-order chi connectivity index (χ0) is 11.4. The zero-order valence-corrected chi connectivity index (χ0v) is 9.33. The van der Waals surface area contributed by atoms with Crippen molar-refractivity contribution >= 4 is 5.97 Å². The third kappa shape index (κ3) is 2.98. The molecule has 0 heterocycles. The lowest BCUT2D eigenvalue weighted by Crippen LogP contribution is -2.08. The maximum atomic E-state index is 11.3. The third-order valence-corrected chi connectivity index (χ3v) is 2.22. The molecule has 3 nitrogen and oxygen atoms in total. The molecule has 82 valence electrons. The fourth-order valence-corrected chi connectivity index (χ4v) is 1.56. The number of phenols is 1. The minimum absolute atomic E-state index is 0.131. The number of aryl methyl sites for hydroxylation is 2. The van der Waals surface area contributed by atoms with E-state index in [0.717, 1.165) is 11.1 Å². The van der Waals surface area contributed by atoms with Crippen molar-refractivity contribution in [3.63, 3.8) is 0 Å². The van der Waals surface area contributed by atoms with E-state index in [4.69, 9.17) is 4.74 Å². The van der Waals surface area contributed by atoms with Gasteiger partial charge in [-0.05, 0) is 38.0 Å². The topological polar surface area (TPSA) is 46.5 Å². The van der Waals surface area contributed by atoms with E-state index in [9.17, 15) is 9.90 Å². The van der Waals surface area contributed by atoms with Crippen LogP contribution >= 0.6 is 0 Å². The summed E-state index contributed by atoms with van der Waals surface area (Å²) < 4.78 is 4.84. The standard InChI is InChI=1S/C12H16O3/c1-4-15-12(14)7-10-9(3)5-8(2)6-11(10)13/h5-6,13H,4,7H2,1-3H3. The summed E-state index contributed by atoms with van der Waals surface area (Å²) >= 11 is 0. The lowest BCUT2D eigenvalue weighted by Gasteiger charge is -2.09. The van der Waals surface area contributed by atoms with Gasteiger partial charge in [-0.3, -0.25) is 4.79 Å². The largest absolute Gasteiger partial charge is 0.508 e. The van der Waals surface area contributed by atoms with Gasteiger partial charge in [-0.15, -0.1) is 0 Å². The van der Waals surface area contributed by atoms with Gasteiger partial charge in [0.15, 0.2) is 0 Å². The first kappa shape index (κ1) is 11.6. The number of phenolic OH excluding ortho intramolecular Hbond substituents is 1. The highest BCUT2D eigenvalue weighted by Gasteiger charge is 2.11. The number of esters is 1. The minimum atomic E-state index is -0.306. The van der Waals surface area contributed by atoms with Gasteiger partial charge in [0.1, 0.15) is 5.75 Å². The molecule has 0 aliphatic carbocycles. The Morgan fingerprint density at radius 1 is 1.40 bits per heavy atom. The highest BCUT2D eigenvalue weighted by atomic mass is 16.5. The van der Waals surface area contributed by atoms with Crippen LogP contribution in [-0.4, -0.2) is 17.7 Å². The minimum Gasteiger partial charge on any atom is -0.508 e. The summed E-state index contributed by atoms with van der Waals surface area (Å²) in [7, 11) is 0. The second-order valence-electron chi connectivity index (χ2n) is 3.56. The molecule has 1 N–H and O–H groups in total. The van der Waals surface area contributed by atoms with E-state index in [1.54, 1.807) is 13.0 Å². The Balaban J connectivity index is 2.90. The van der Waals surface area contributed by atoms with Crippen LogP contribution in [0.2, 0.25) is 0 Å². The lowest BCUT2D eigenvalue weighted by atomic mass is 10.0. The molecule has 1 aromatic rings. The third-order valence-electron chi connectivity index (χ3n) is 2.22. The Bertz CT molecular complexity index is 346. The molecule has 0 saturated heterocycles. The molecule has 0 saturated carbocycles. The van der Waals surface area contributed by atoms with Gasteiger partial charge in [-0.2, -0.15) is 0 Å². The number of aromatic hydroxyl groups is 1. The predicted octanol–water partition coefficient (Wildman–Crippen LogP) is 2.11. The summed E-state index contributed by atoms with van der Waals surface area (Å²) in [5.74, 6) is -0.139. The predicted molar refractivity (Wildman–Crippen MR) is 57.9 cm³/mol. The molecule has 0 spiro atoms. The van der Waals surface area contributed by atoms with Crippen LogP contribution in [0.4, 0.5) is 0 Å². The van der Waals surface area contributed by atoms with Crippen LogP contribution in [0.1, 0.15) is 23.6 Å². The van der Waals surface area contributed by atoms with Crippen molar-refractivity contribution in [3.05, 3.63) is 28.8 Å². The van der Waals surface area contributed by atoms with Crippen molar-refractivity contribution in [1.29, 1.82) is 0 Å². The Morgan fingerprint density at radius 3 is 2.60 bits per heavy atom. The maximum absolute atomic E-state index is 11.3. The molecule has 0 aromatic heterocycles. The van der Waals surface area contributed by atoms with Crippen LogP contribution < -0.4 is 0 Å². The number of carbonyl (C=O) groups excluding carboxylic acids is 1. The molecule has 0 amide bonds. The molecule has 15 heavy (non-hydrogen) atoms. The van der Waals surface area contributed by atoms with Crippen molar-refractivity contribution in [3.8, 4) is 5.75 Å². The summed E-state index contributed by atoms with van der Waals surface area (Å²) in [6, 6.07) is 3.59. The molecule has 1 aromatic carbocycles. The molecular weight excluding hydrogens is 192 g/mol. The summed E-state index contributed by atoms with van der Waals surface area (Å²) in [6.07, 6.45) is 0.131. The average Bonchev–Trinajstić information content (AvgIpc) is 2.11. The summed E-state index contributed by atoms with van der Waals surface area (Å²) in [5.41, 5.74) is 2.55. The van der Waals surface area contributed by atoms with Crippen molar-refractivity contribution in [2.24, 2.45) is 0 Å². The SMILES string of the molecule is CCOC(=O)Cc1c(C)cc(C)cc1O. The molecule has 0 radical (unpaired) electrons. The van der Waals surface area contributed by atoms with Crippen LogP contribution in [0.15, 0.2) is 12.1 Å². The van der Waals surface area contributed by atoms with E-state index in [1.165, 1.54) is 0 Å². The quantitative estimate of drug-likeness (QED) is 0.774. The highest BCUT2D eigenvalue weighted by Crippen LogP contribution is 2.23. The van der Waals surface area contributed by atoms with Crippen LogP contribution in [0.3, 0.4) is 0 Å². The van der Waals surface area contributed by atoms with Crippen molar-refractivity contribution < 1.29 is 14.6 Å². The molecule has 0 fully saturated rings. The first-order valence-electron chi connectivity index (χ1n) is 4.99. The maximum Gasteiger partial charge on any atom is 0.310 e. The number of rotatable bonds is 3. The number of carbonyl (C=O) groups is 1. The molecule has 3 heteroatoms. The van der Waals surface area contributed by atoms with Gasteiger partial charge >= 0.3 is 5.97 Å². The van der Waals surface area contributed by atoms with Gasteiger partial charge in [0.25, 0.3) is 0 Å². The number of hydrogen-bond acceptors (Lipinski definition) is 3. The van der Waals surface area contributed by atoms with Crippen molar-refractivity contribution in [1.82, 2.24) is 0 Å². The molecule has 0 unspecified atom stereocenters. The molecule has 1 rings (SSSR count). The van der Waals surface area contributed by atoms with E-state index < -0.39 is 0 Å². The van der Waals surface area contributed by atoms with E-state index in [2.05, 4.69) is 0 Å². The normalized spacial score (nSPS) is 10.1. The summed E-state index contributed by atoms with van der Waals surface area (Å²) in [4.78, 5) is 11.3. The molecule has 0 atom stereocenters. The lowest BCUT2D eigenvalue weighted by molar-refractivity contribution is -0.142. The Morgan fingerprint density at radius 2 is 2.07 bits per heavy atom. The molecule has 0 aliphatic rings. The first-order chi connectivity index (χ1) is 7.04. The van der Waals surface area contributed by atoms with Gasteiger partial charge in [0.2, 0.25) is 0 Å². The van der Waals surface area contributed by atoms with Crippen molar-refractivity contribution in [2.75, 3.05) is 6.61 Å². The smallest absolute Gasteiger partial charge is 0.310 e. The van der Waals surface area contributed by atoms with E-state index in [0.29, 0.717) is 12.2 Å². The van der Waals surface area contributed by atoms with E-state index in [1.807, 2.05) is 19.9 Å². The van der Waals surface area contributed by atoms with E-state index >= 15 is 0 Å². The fraction of sp³-hybridized carbons (Fsp3) is 0.417. The highest BCUT2D eigenvalue weighted by molar-refractivity contribution is 5.74. The second-order valence-corrected chi connectivity index (χ2v) is 3.56. The van der Waals surface area contributed by atoms with E-state index in [-0.39, 0.29) is 18.1 Å². The van der Waals surface area contributed by atoms with Crippen LogP contribution in [-0.2, 0) is 16.0 Å². The fourth-order valence-electron chi connectivity index (χ4n) is 1.56. The van der Waals surface area contributed by atoms with Gasteiger partial charge in [0.05, 0.1) is 13.0 Å². The Hall–Kier alpha value is -1.51. The zero-order valence-electron chi connectivity index (χ0n) is 9.33. The molecule has 0 bridgehead atoms. The first-order valence-corrected chi connectivity index (χ1v) is 4.99. The number of benzene rings is 1. The van der Waals surface area contributed by atoms with Crippen LogP contribution in [0, 0.1) is 13.8 Å². The van der Waals surface area contributed by atoms with Gasteiger partial charge in [0, 0.05) is 5.56 Å². The van der Waals surface area contributed by atoms with Gasteiger partial charge in [-0.1, -0.05) is 6.07 Å². The molecular formula is C12H16O3. The number of hydrogen-bond donors (Lipinski definition) is 1. The monoisotopic (exact) mass is 208 g/mol. The second kappa shape index (κ2) is 4.82. The number of ether oxygens (including phenoxy) is 1. The molecule has 0 aliphatic heterocycles. The van der Waals surface area contributed by atoms with Crippen molar-refractivity contribution in [2.45, 2.75) is 27.2 Å². The van der Waals surface area contributed by atoms with Gasteiger partial charge < -0.3 is 9.84 Å². The Kier molecular flexibility index (Phi) is 3.72. The summed E-state index contributed by atoms with van der Waals surface area (Å²) in [5, 5.41) is 9.68.